The molecule has 0 unspecified atom stereocenters. The van der Waals surface area contributed by atoms with Gasteiger partial charge in [0.1, 0.15) is 0 Å². The Morgan fingerprint density at radius 1 is 1.29 bits per heavy atom. The molecule has 1 aromatic carbocycles. The molecule has 5 heteroatoms. The Morgan fingerprint density at radius 2 is 2.10 bits per heavy atom. The maximum atomic E-state index is 11.7. The van der Waals surface area contributed by atoms with Crippen LogP contribution in [0.2, 0.25) is 5.02 Å². The van der Waals surface area contributed by atoms with Crippen LogP contribution >= 0.6 is 11.6 Å². The highest BCUT2D eigenvalue weighted by Gasteiger charge is 2.13. The quantitative estimate of drug-likeness (QED) is 0.707. The number of rotatable bonds is 6. The predicted octanol–water partition coefficient (Wildman–Crippen LogP) is 2.57. The molecule has 0 atom stereocenters. The minimum Gasteiger partial charge on any atom is -0.338 e. The van der Waals surface area contributed by atoms with E-state index < -0.39 is 0 Å². The second kappa shape index (κ2) is 8.90. The Bertz CT molecular complexity index is 447. The number of halogens is 1. The van der Waals surface area contributed by atoms with Gasteiger partial charge in [0.25, 0.3) is 0 Å². The molecule has 0 aliphatic carbocycles. The Labute approximate surface area is 131 Å². The van der Waals surface area contributed by atoms with Crippen LogP contribution in [0.15, 0.2) is 24.3 Å². The van der Waals surface area contributed by atoms with Gasteiger partial charge in [0, 0.05) is 18.1 Å². The molecule has 0 radical (unpaired) electrons. The predicted molar refractivity (Wildman–Crippen MR) is 86.8 cm³/mol. The maximum absolute atomic E-state index is 11.7. The molecule has 2 amide bonds. The summed E-state index contributed by atoms with van der Waals surface area (Å²) in [6.45, 7) is 3.59. The highest BCUT2D eigenvalue weighted by molar-refractivity contribution is 6.30. The largest absolute Gasteiger partial charge is 0.338 e. The van der Waals surface area contributed by atoms with Crippen molar-refractivity contribution in [3.63, 3.8) is 0 Å². The van der Waals surface area contributed by atoms with Crippen molar-refractivity contribution < 1.29 is 4.79 Å². The highest BCUT2D eigenvalue weighted by Crippen LogP contribution is 2.12. The molecule has 0 aromatic heterocycles. The Morgan fingerprint density at radius 3 is 2.86 bits per heavy atom. The fourth-order valence-electron chi connectivity index (χ4n) is 2.57. The van der Waals surface area contributed by atoms with E-state index in [1.54, 1.807) is 0 Å². The topological polar surface area (TPSA) is 53.2 Å². The van der Waals surface area contributed by atoms with Crippen molar-refractivity contribution in [1.82, 2.24) is 16.0 Å². The van der Waals surface area contributed by atoms with Crippen LogP contribution in [0.5, 0.6) is 0 Å². The van der Waals surface area contributed by atoms with Gasteiger partial charge in [-0.3, -0.25) is 0 Å². The van der Waals surface area contributed by atoms with E-state index in [9.17, 15) is 4.79 Å². The van der Waals surface area contributed by atoms with Crippen molar-refractivity contribution in [2.75, 3.05) is 26.2 Å². The van der Waals surface area contributed by atoms with E-state index in [4.69, 9.17) is 11.6 Å². The molecule has 1 aromatic rings. The number of piperidine rings is 1. The number of amides is 2. The number of carbonyl (C=O) groups is 1. The van der Waals surface area contributed by atoms with Gasteiger partial charge in [-0.15, -0.1) is 0 Å². The molecule has 4 nitrogen and oxygen atoms in total. The number of nitrogens with one attached hydrogen (secondary N) is 3. The van der Waals surface area contributed by atoms with Gasteiger partial charge in [-0.05, 0) is 62.4 Å². The normalized spacial score (nSPS) is 15.7. The monoisotopic (exact) mass is 309 g/mol. The third-order valence-electron chi connectivity index (χ3n) is 3.83. The standard InChI is InChI=1S/C16H24ClN3O/c17-15-5-1-3-13(11-15)4-2-8-19-16(21)20-12-14-6-9-18-10-7-14/h1,3,5,11,14,18H,2,4,6-10,12H2,(H2,19,20,21). The second-order valence-corrected chi connectivity index (χ2v) is 6.00. The molecule has 0 saturated carbocycles. The SMILES string of the molecule is O=C(NCCCc1cccc(Cl)c1)NCC1CCNCC1. The van der Waals surface area contributed by atoms with Crippen molar-refractivity contribution in [1.29, 1.82) is 0 Å². The molecule has 1 aliphatic rings. The summed E-state index contributed by atoms with van der Waals surface area (Å²) in [5.41, 5.74) is 1.21. The van der Waals surface area contributed by atoms with Crippen LogP contribution in [-0.4, -0.2) is 32.2 Å². The minimum atomic E-state index is -0.0559. The first kappa shape index (κ1) is 16.1. The van der Waals surface area contributed by atoms with Crippen LogP contribution in [0, 0.1) is 5.92 Å². The summed E-state index contributed by atoms with van der Waals surface area (Å²) in [6.07, 6.45) is 4.14. The number of hydrogen-bond donors (Lipinski definition) is 3. The lowest BCUT2D eigenvalue weighted by molar-refractivity contribution is 0.236. The van der Waals surface area contributed by atoms with Crippen molar-refractivity contribution in [3.8, 4) is 0 Å². The first-order valence-electron chi connectivity index (χ1n) is 7.71. The third kappa shape index (κ3) is 6.36. The molecule has 0 spiro atoms. The summed E-state index contributed by atoms with van der Waals surface area (Å²) in [4.78, 5) is 11.7. The zero-order valence-electron chi connectivity index (χ0n) is 12.3. The molecule has 116 valence electrons. The van der Waals surface area contributed by atoms with Crippen LogP contribution in [0.25, 0.3) is 0 Å². The summed E-state index contributed by atoms with van der Waals surface area (Å²) >= 11 is 5.94. The molecule has 1 heterocycles. The van der Waals surface area contributed by atoms with Gasteiger partial charge in [-0.1, -0.05) is 23.7 Å². The van der Waals surface area contributed by atoms with Crippen LogP contribution < -0.4 is 16.0 Å². The Balaban J connectivity index is 1.54. The first-order valence-corrected chi connectivity index (χ1v) is 8.08. The smallest absolute Gasteiger partial charge is 0.314 e. The van der Waals surface area contributed by atoms with E-state index in [1.165, 1.54) is 5.56 Å². The van der Waals surface area contributed by atoms with Gasteiger partial charge in [0.05, 0.1) is 0 Å². The number of benzene rings is 1. The molecular weight excluding hydrogens is 286 g/mol. The van der Waals surface area contributed by atoms with Crippen molar-refractivity contribution in [2.45, 2.75) is 25.7 Å². The lowest BCUT2D eigenvalue weighted by atomic mass is 9.98. The average molecular weight is 310 g/mol. The number of aryl methyl sites for hydroxylation is 1. The molecule has 2 rings (SSSR count). The van der Waals surface area contributed by atoms with Crippen molar-refractivity contribution in [3.05, 3.63) is 34.9 Å². The van der Waals surface area contributed by atoms with Gasteiger partial charge >= 0.3 is 6.03 Å². The van der Waals surface area contributed by atoms with Crippen LogP contribution in [0.3, 0.4) is 0 Å². The lowest BCUT2D eigenvalue weighted by Gasteiger charge is -2.22. The average Bonchev–Trinajstić information content (AvgIpc) is 2.51. The van der Waals surface area contributed by atoms with Gasteiger partial charge in [-0.25, -0.2) is 4.79 Å². The molecule has 0 bridgehead atoms. The fraction of sp³-hybridized carbons (Fsp3) is 0.562. The van der Waals surface area contributed by atoms with E-state index in [0.717, 1.165) is 50.3 Å². The summed E-state index contributed by atoms with van der Waals surface area (Å²) in [5.74, 6) is 0.614. The van der Waals surface area contributed by atoms with Crippen LogP contribution in [0.4, 0.5) is 4.79 Å². The molecular formula is C16H24ClN3O. The number of urea groups is 1. The summed E-state index contributed by atoms with van der Waals surface area (Å²) in [7, 11) is 0. The molecule has 21 heavy (non-hydrogen) atoms. The van der Waals surface area contributed by atoms with E-state index in [0.29, 0.717) is 12.5 Å². The van der Waals surface area contributed by atoms with Gasteiger partial charge in [-0.2, -0.15) is 0 Å². The first-order chi connectivity index (χ1) is 10.2. The van der Waals surface area contributed by atoms with Gasteiger partial charge in [0.15, 0.2) is 0 Å². The minimum absolute atomic E-state index is 0.0559. The van der Waals surface area contributed by atoms with Gasteiger partial charge in [0.2, 0.25) is 0 Å². The summed E-state index contributed by atoms with van der Waals surface area (Å²) < 4.78 is 0. The third-order valence-corrected chi connectivity index (χ3v) is 4.06. The van der Waals surface area contributed by atoms with Crippen LogP contribution in [0.1, 0.15) is 24.8 Å². The molecule has 1 aliphatic heterocycles. The zero-order chi connectivity index (χ0) is 14.9. The second-order valence-electron chi connectivity index (χ2n) is 5.56. The van der Waals surface area contributed by atoms with E-state index in [-0.39, 0.29) is 6.03 Å². The van der Waals surface area contributed by atoms with Gasteiger partial charge < -0.3 is 16.0 Å². The Hall–Kier alpha value is -1.26. The highest BCUT2D eigenvalue weighted by atomic mass is 35.5. The van der Waals surface area contributed by atoms with E-state index in [2.05, 4.69) is 22.0 Å². The van der Waals surface area contributed by atoms with E-state index >= 15 is 0 Å². The zero-order valence-corrected chi connectivity index (χ0v) is 13.1. The number of hydrogen-bond acceptors (Lipinski definition) is 2. The molecule has 3 N–H and O–H groups in total. The summed E-state index contributed by atoms with van der Waals surface area (Å²) in [6, 6.07) is 7.80. The van der Waals surface area contributed by atoms with E-state index in [1.807, 2.05) is 18.2 Å². The Kier molecular flexibility index (Phi) is 6.83. The molecule has 1 saturated heterocycles. The van der Waals surface area contributed by atoms with Crippen molar-refractivity contribution >= 4 is 17.6 Å². The van der Waals surface area contributed by atoms with Crippen molar-refractivity contribution in [2.24, 2.45) is 5.92 Å². The maximum Gasteiger partial charge on any atom is 0.314 e. The van der Waals surface area contributed by atoms with Crippen LogP contribution in [-0.2, 0) is 6.42 Å². The summed E-state index contributed by atoms with van der Waals surface area (Å²) in [5, 5.41) is 9.96. The molecule has 1 fully saturated rings. The lowest BCUT2D eigenvalue weighted by Crippen LogP contribution is -2.41. The number of carbonyl (C=O) groups excluding carboxylic acids is 1. The fourth-order valence-corrected chi connectivity index (χ4v) is 2.79.